The molecule has 0 saturated carbocycles. The number of benzene rings is 3. The molecule has 0 saturated heterocycles. The number of halogens is 1. The highest BCUT2D eigenvalue weighted by Gasteiger charge is 2.41. The van der Waals surface area contributed by atoms with Gasteiger partial charge in [-0.15, -0.1) is 0 Å². The first kappa shape index (κ1) is 18.6. The number of nitrogens with zero attached hydrogens (tertiary/aromatic N) is 2. The highest BCUT2D eigenvalue weighted by molar-refractivity contribution is 6.30. The molecule has 1 unspecified atom stereocenters. The van der Waals surface area contributed by atoms with Crippen LogP contribution in [0.3, 0.4) is 0 Å². The summed E-state index contributed by atoms with van der Waals surface area (Å²) in [5, 5.41) is 8.16. The summed E-state index contributed by atoms with van der Waals surface area (Å²) in [7, 11) is 0. The SMILES string of the molecule is O=C1c2[nH]nc(-c3ccccc3)c2C(c2cccc(Cl)c2)N1CCc1ccccc1. The minimum absolute atomic E-state index is 0.0272. The quantitative estimate of drug-likeness (QED) is 0.468. The third-order valence-corrected chi connectivity index (χ3v) is 5.79. The molecular formula is C25H20ClN3O. The lowest BCUT2D eigenvalue weighted by Gasteiger charge is -2.26. The monoisotopic (exact) mass is 413 g/mol. The molecule has 2 heterocycles. The largest absolute Gasteiger partial charge is 0.326 e. The molecule has 1 aliphatic heterocycles. The Morgan fingerprint density at radius 3 is 2.40 bits per heavy atom. The van der Waals surface area contributed by atoms with Gasteiger partial charge in [-0.05, 0) is 29.7 Å². The van der Waals surface area contributed by atoms with E-state index in [0.717, 1.165) is 28.8 Å². The Labute approximate surface area is 180 Å². The topological polar surface area (TPSA) is 49.0 Å². The van der Waals surface area contributed by atoms with Gasteiger partial charge in [0.05, 0.1) is 11.7 Å². The first-order valence-corrected chi connectivity index (χ1v) is 10.3. The van der Waals surface area contributed by atoms with E-state index in [1.807, 2.05) is 77.7 Å². The van der Waals surface area contributed by atoms with Gasteiger partial charge in [0.15, 0.2) is 0 Å². The zero-order valence-corrected chi connectivity index (χ0v) is 17.0. The number of nitrogens with one attached hydrogen (secondary N) is 1. The van der Waals surface area contributed by atoms with Gasteiger partial charge in [-0.1, -0.05) is 84.4 Å². The van der Waals surface area contributed by atoms with Crippen molar-refractivity contribution >= 4 is 17.5 Å². The van der Waals surface area contributed by atoms with Crippen molar-refractivity contribution < 1.29 is 4.79 Å². The van der Waals surface area contributed by atoms with Crippen molar-refractivity contribution in [3.05, 3.63) is 112 Å². The molecule has 5 heteroatoms. The molecule has 148 valence electrons. The molecule has 4 aromatic rings. The summed E-state index contributed by atoms with van der Waals surface area (Å²) < 4.78 is 0. The molecular weight excluding hydrogens is 394 g/mol. The Kier molecular flexibility index (Phi) is 4.85. The molecule has 1 atom stereocenters. The Morgan fingerprint density at radius 1 is 0.933 bits per heavy atom. The normalized spacial score (nSPS) is 15.4. The van der Waals surface area contributed by atoms with Crippen LogP contribution >= 0.6 is 11.6 Å². The molecule has 3 aromatic carbocycles. The van der Waals surface area contributed by atoms with E-state index in [2.05, 4.69) is 22.3 Å². The maximum atomic E-state index is 13.4. The Hall–Kier alpha value is -3.37. The molecule has 4 nitrogen and oxygen atoms in total. The van der Waals surface area contributed by atoms with Crippen LogP contribution in [0.2, 0.25) is 5.02 Å². The maximum Gasteiger partial charge on any atom is 0.273 e. The molecule has 5 rings (SSSR count). The predicted octanol–water partition coefficient (Wildman–Crippen LogP) is 5.52. The van der Waals surface area contributed by atoms with E-state index in [1.54, 1.807) is 0 Å². The number of H-pyrrole nitrogens is 1. The second kappa shape index (κ2) is 7.81. The molecule has 1 aromatic heterocycles. The lowest BCUT2D eigenvalue weighted by Crippen LogP contribution is -2.31. The molecule has 1 aliphatic rings. The molecule has 0 radical (unpaired) electrons. The van der Waals surface area contributed by atoms with Crippen LogP contribution < -0.4 is 0 Å². The average Bonchev–Trinajstić information content (AvgIpc) is 3.32. The van der Waals surface area contributed by atoms with Gasteiger partial charge < -0.3 is 4.90 Å². The smallest absolute Gasteiger partial charge is 0.273 e. The summed E-state index contributed by atoms with van der Waals surface area (Å²) in [5.74, 6) is -0.0272. The maximum absolute atomic E-state index is 13.4. The van der Waals surface area contributed by atoms with Crippen molar-refractivity contribution in [2.75, 3.05) is 6.54 Å². The number of carbonyl (C=O) groups is 1. The van der Waals surface area contributed by atoms with Gasteiger partial charge in [-0.25, -0.2) is 0 Å². The Balaban J connectivity index is 1.59. The number of aromatic nitrogens is 2. The molecule has 0 fully saturated rings. The molecule has 1 amide bonds. The van der Waals surface area contributed by atoms with Gasteiger partial charge in [0.2, 0.25) is 0 Å². The highest BCUT2D eigenvalue weighted by atomic mass is 35.5. The minimum atomic E-state index is -0.233. The molecule has 0 aliphatic carbocycles. The number of carbonyl (C=O) groups excluding carboxylic acids is 1. The second-order valence-corrected chi connectivity index (χ2v) is 7.86. The highest BCUT2D eigenvalue weighted by Crippen LogP contribution is 2.43. The van der Waals surface area contributed by atoms with E-state index in [1.165, 1.54) is 5.56 Å². The fourth-order valence-corrected chi connectivity index (χ4v) is 4.36. The van der Waals surface area contributed by atoms with Crippen LogP contribution in [-0.4, -0.2) is 27.5 Å². The van der Waals surface area contributed by atoms with E-state index in [0.29, 0.717) is 17.3 Å². The fraction of sp³-hybridized carbons (Fsp3) is 0.120. The summed E-state index contributed by atoms with van der Waals surface area (Å²) in [6.45, 7) is 0.608. The average molecular weight is 414 g/mol. The van der Waals surface area contributed by atoms with Gasteiger partial charge in [-0.2, -0.15) is 5.10 Å². The van der Waals surface area contributed by atoms with Gasteiger partial charge >= 0.3 is 0 Å². The summed E-state index contributed by atoms with van der Waals surface area (Å²) in [5.41, 5.74) is 5.47. The summed E-state index contributed by atoms with van der Waals surface area (Å²) in [4.78, 5) is 15.3. The number of aromatic amines is 1. The Morgan fingerprint density at radius 2 is 1.67 bits per heavy atom. The van der Waals surface area contributed by atoms with Crippen LogP contribution in [0.1, 0.15) is 33.2 Å². The van der Waals surface area contributed by atoms with Gasteiger partial charge in [0.25, 0.3) is 5.91 Å². The van der Waals surface area contributed by atoms with E-state index in [9.17, 15) is 4.79 Å². The van der Waals surface area contributed by atoms with Crippen molar-refractivity contribution in [3.63, 3.8) is 0 Å². The van der Waals surface area contributed by atoms with E-state index < -0.39 is 0 Å². The van der Waals surface area contributed by atoms with Crippen molar-refractivity contribution in [1.29, 1.82) is 0 Å². The lowest BCUT2D eigenvalue weighted by molar-refractivity contribution is 0.0746. The van der Waals surface area contributed by atoms with Gasteiger partial charge in [-0.3, -0.25) is 9.89 Å². The van der Waals surface area contributed by atoms with Crippen LogP contribution in [0, 0.1) is 0 Å². The van der Waals surface area contributed by atoms with E-state index >= 15 is 0 Å². The van der Waals surface area contributed by atoms with Gasteiger partial charge in [0, 0.05) is 22.7 Å². The predicted molar refractivity (Wildman–Crippen MR) is 119 cm³/mol. The lowest BCUT2D eigenvalue weighted by atomic mass is 9.96. The minimum Gasteiger partial charge on any atom is -0.326 e. The van der Waals surface area contributed by atoms with Crippen LogP contribution in [0.5, 0.6) is 0 Å². The second-order valence-electron chi connectivity index (χ2n) is 7.42. The number of amides is 1. The first-order chi connectivity index (χ1) is 14.7. The zero-order valence-electron chi connectivity index (χ0n) is 16.3. The van der Waals surface area contributed by atoms with Crippen LogP contribution in [-0.2, 0) is 6.42 Å². The van der Waals surface area contributed by atoms with Crippen molar-refractivity contribution in [3.8, 4) is 11.3 Å². The van der Waals surface area contributed by atoms with E-state index in [-0.39, 0.29) is 11.9 Å². The Bertz CT molecular complexity index is 1190. The van der Waals surface area contributed by atoms with Gasteiger partial charge in [0.1, 0.15) is 5.69 Å². The standard InChI is InChI=1S/C25H20ClN3O/c26-20-13-7-12-19(16-20)24-21-22(18-10-5-2-6-11-18)27-28-23(21)25(30)29(24)15-14-17-8-3-1-4-9-17/h1-13,16,24H,14-15H2,(H,27,28). The molecule has 0 bridgehead atoms. The molecule has 1 N–H and O–H groups in total. The summed E-state index contributed by atoms with van der Waals surface area (Å²) in [6, 6.07) is 27.7. The number of hydrogen-bond donors (Lipinski definition) is 1. The van der Waals surface area contributed by atoms with Crippen LogP contribution in [0.4, 0.5) is 0 Å². The number of hydrogen-bond acceptors (Lipinski definition) is 2. The first-order valence-electron chi connectivity index (χ1n) is 9.96. The van der Waals surface area contributed by atoms with E-state index in [4.69, 9.17) is 11.6 Å². The third-order valence-electron chi connectivity index (χ3n) is 5.56. The number of rotatable bonds is 5. The third kappa shape index (κ3) is 3.29. The fourth-order valence-electron chi connectivity index (χ4n) is 4.16. The molecule has 30 heavy (non-hydrogen) atoms. The van der Waals surface area contributed by atoms with Crippen molar-refractivity contribution in [2.45, 2.75) is 12.5 Å². The van der Waals surface area contributed by atoms with Crippen LogP contribution in [0.15, 0.2) is 84.9 Å². The van der Waals surface area contributed by atoms with Crippen LogP contribution in [0.25, 0.3) is 11.3 Å². The van der Waals surface area contributed by atoms with Crippen molar-refractivity contribution in [2.24, 2.45) is 0 Å². The summed E-state index contributed by atoms with van der Waals surface area (Å²) >= 11 is 6.31. The van der Waals surface area contributed by atoms with Crippen molar-refractivity contribution in [1.82, 2.24) is 15.1 Å². The number of fused-ring (bicyclic) bond motifs is 1. The zero-order chi connectivity index (χ0) is 20.5. The summed E-state index contributed by atoms with van der Waals surface area (Å²) in [6.07, 6.45) is 0.780. The molecule has 0 spiro atoms.